The van der Waals surface area contributed by atoms with Gasteiger partial charge in [0, 0.05) is 11.7 Å². The average molecular weight is 232 g/mol. The van der Waals surface area contributed by atoms with Crippen LogP contribution in [0.3, 0.4) is 0 Å². The molecular weight excluding hydrogens is 208 g/mol. The number of benzene rings is 1. The summed E-state index contributed by atoms with van der Waals surface area (Å²) < 4.78 is 0. The van der Waals surface area contributed by atoms with Gasteiger partial charge in [-0.1, -0.05) is 17.7 Å². The molecule has 0 spiro atoms. The largest absolute Gasteiger partial charge is 0.382 e. The number of nitrogens with one attached hydrogen (secondary N) is 1. The summed E-state index contributed by atoms with van der Waals surface area (Å²) in [6, 6.07) is 5.18. The van der Waals surface area contributed by atoms with Gasteiger partial charge in [-0.2, -0.15) is 0 Å². The summed E-state index contributed by atoms with van der Waals surface area (Å²) in [6.45, 7) is 9.00. The van der Waals surface area contributed by atoms with Gasteiger partial charge in [-0.25, -0.2) is 0 Å². The second-order valence-electron chi connectivity index (χ2n) is 5.50. The van der Waals surface area contributed by atoms with Crippen molar-refractivity contribution in [1.82, 2.24) is 4.90 Å². The van der Waals surface area contributed by atoms with Crippen LogP contribution < -0.4 is 5.32 Å². The molecule has 2 nitrogen and oxygen atoms in total. The van der Waals surface area contributed by atoms with Crippen molar-refractivity contribution < 1.29 is 0 Å². The molecular formula is C15H24N2. The molecule has 0 unspecified atom stereocenters. The van der Waals surface area contributed by atoms with Gasteiger partial charge in [-0.3, -0.25) is 0 Å². The Morgan fingerprint density at radius 1 is 1.06 bits per heavy atom. The quantitative estimate of drug-likeness (QED) is 0.843. The molecule has 1 saturated heterocycles. The van der Waals surface area contributed by atoms with Crippen molar-refractivity contribution in [2.24, 2.45) is 0 Å². The number of piperidine rings is 1. The van der Waals surface area contributed by atoms with E-state index in [-0.39, 0.29) is 0 Å². The second-order valence-corrected chi connectivity index (χ2v) is 5.50. The first-order chi connectivity index (χ1) is 8.06. The number of hydrogen-bond donors (Lipinski definition) is 1. The maximum atomic E-state index is 3.74. The summed E-state index contributed by atoms with van der Waals surface area (Å²) in [6.07, 6.45) is 2.51. The maximum absolute atomic E-state index is 3.74. The van der Waals surface area contributed by atoms with Crippen molar-refractivity contribution in [3.05, 3.63) is 28.8 Å². The van der Waals surface area contributed by atoms with Crippen LogP contribution in [0.5, 0.6) is 0 Å². The average Bonchev–Trinajstić information content (AvgIpc) is 2.26. The molecule has 94 valence electrons. The lowest BCUT2D eigenvalue weighted by Gasteiger charge is -2.31. The zero-order valence-electron chi connectivity index (χ0n) is 11.5. The van der Waals surface area contributed by atoms with Crippen molar-refractivity contribution in [3.8, 4) is 0 Å². The molecule has 1 fully saturated rings. The molecule has 2 rings (SSSR count). The van der Waals surface area contributed by atoms with Crippen LogP contribution in [0.4, 0.5) is 5.69 Å². The second kappa shape index (κ2) is 5.09. The van der Waals surface area contributed by atoms with Gasteiger partial charge >= 0.3 is 0 Å². The van der Waals surface area contributed by atoms with Crippen molar-refractivity contribution in [2.75, 3.05) is 25.5 Å². The molecule has 0 aromatic heterocycles. The molecule has 0 radical (unpaired) electrons. The summed E-state index contributed by atoms with van der Waals surface area (Å²) in [5, 5.41) is 3.74. The van der Waals surface area contributed by atoms with E-state index in [2.05, 4.69) is 50.2 Å². The minimum Gasteiger partial charge on any atom is -0.382 e. The lowest BCUT2D eigenvalue weighted by molar-refractivity contribution is 0.264. The number of anilines is 1. The van der Waals surface area contributed by atoms with Crippen LogP contribution in [0.25, 0.3) is 0 Å². The van der Waals surface area contributed by atoms with Crippen LogP contribution in [0.2, 0.25) is 0 Å². The highest BCUT2D eigenvalue weighted by molar-refractivity contribution is 5.58. The van der Waals surface area contributed by atoms with E-state index in [1.54, 1.807) is 0 Å². The smallest absolute Gasteiger partial charge is 0.0401 e. The molecule has 1 aliphatic heterocycles. The Morgan fingerprint density at radius 3 is 2.12 bits per heavy atom. The van der Waals surface area contributed by atoms with Gasteiger partial charge < -0.3 is 10.2 Å². The molecule has 0 amide bonds. The minimum absolute atomic E-state index is 0.645. The first-order valence-corrected chi connectivity index (χ1v) is 6.59. The SMILES string of the molecule is Cc1cc(C)c(NC2CCN(C)CC2)c(C)c1. The number of rotatable bonds is 2. The van der Waals surface area contributed by atoms with Crippen LogP contribution in [0.1, 0.15) is 29.5 Å². The fraction of sp³-hybridized carbons (Fsp3) is 0.600. The number of nitrogens with zero attached hydrogens (tertiary/aromatic N) is 1. The van der Waals surface area contributed by atoms with Crippen molar-refractivity contribution in [1.29, 1.82) is 0 Å². The topological polar surface area (TPSA) is 15.3 Å². The summed E-state index contributed by atoms with van der Waals surface area (Å²) in [4.78, 5) is 2.41. The Morgan fingerprint density at radius 2 is 1.59 bits per heavy atom. The standard InChI is InChI=1S/C15H24N2/c1-11-9-12(2)15(13(3)10-11)16-14-5-7-17(4)8-6-14/h9-10,14,16H,5-8H2,1-4H3. The number of likely N-dealkylation sites (tertiary alicyclic amines) is 1. The van der Waals surface area contributed by atoms with Gasteiger partial charge in [0.25, 0.3) is 0 Å². The van der Waals surface area contributed by atoms with E-state index in [0.29, 0.717) is 6.04 Å². The van der Waals surface area contributed by atoms with E-state index in [1.807, 2.05) is 0 Å². The van der Waals surface area contributed by atoms with Crippen LogP contribution in [0, 0.1) is 20.8 Å². The maximum Gasteiger partial charge on any atom is 0.0401 e. The normalized spacial score (nSPS) is 18.4. The van der Waals surface area contributed by atoms with Gasteiger partial charge in [0.1, 0.15) is 0 Å². The fourth-order valence-corrected chi connectivity index (χ4v) is 2.76. The highest BCUT2D eigenvalue weighted by Gasteiger charge is 2.17. The molecule has 0 bridgehead atoms. The fourth-order valence-electron chi connectivity index (χ4n) is 2.76. The molecule has 1 heterocycles. The molecule has 1 N–H and O–H groups in total. The van der Waals surface area contributed by atoms with Crippen LogP contribution in [0.15, 0.2) is 12.1 Å². The Bertz CT molecular complexity index is 367. The van der Waals surface area contributed by atoms with Crippen LogP contribution >= 0.6 is 0 Å². The van der Waals surface area contributed by atoms with Crippen molar-refractivity contribution >= 4 is 5.69 Å². The number of aryl methyl sites for hydroxylation is 3. The monoisotopic (exact) mass is 232 g/mol. The Kier molecular flexibility index (Phi) is 3.72. The van der Waals surface area contributed by atoms with E-state index in [9.17, 15) is 0 Å². The molecule has 0 aliphatic carbocycles. The molecule has 17 heavy (non-hydrogen) atoms. The first-order valence-electron chi connectivity index (χ1n) is 6.59. The third-order valence-corrected chi connectivity index (χ3v) is 3.74. The predicted molar refractivity (Wildman–Crippen MR) is 74.8 cm³/mol. The van der Waals surface area contributed by atoms with Gasteiger partial charge in [0.15, 0.2) is 0 Å². The van der Waals surface area contributed by atoms with Crippen molar-refractivity contribution in [2.45, 2.75) is 39.7 Å². The molecule has 2 heteroatoms. The highest BCUT2D eigenvalue weighted by Crippen LogP contribution is 2.24. The van der Waals surface area contributed by atoms with E-state index in [1.165, 1.54) is 48.3 Å². The Hall–Kier alpha value is -1.02. The van der Waals surface area contributed by atoms with Gasteiger partial charge in [-0.05, 0) is 64.9 Å². The molecule has 1 aliphatic rings. The summed E-state index contributed by atoms with van der Waals surface area (Å²) in [5.74, 6) is 0. The third kappa shape index (κ3) is 3.01. The van der Waals surface area contributed by atoms with Gasteiger partial charge in [-0.15, -0.1) is 0 Å². The van der Waals surface area contributed by atoms with E-state index in [0.717, 1.165) is 0 Å². The molecule has 1 aromatic carbocycles. The Labute approximate surface area is 105 Å². The van der Waals surface area contributed by atoms with E-state index >= 15 is 0 Å². The van der Waals surface area contributed by atoms with E-state index in [4.69, 9.17) is 0 Å². The molecule has 0 atom stereocenters. The lowest BCUT2D eigenvalue weighted by Crippen LogP contribution is -2.37. The third-order valence-electron chi connectivity index (χ3n) is 3.74. The predicted octanol–water partition coefficient (Wildman–Crippen LogP) is 3.12. The first kappa shape index (κ1) is 12.4. The number of hydrogen-bond acceptors (Lipinski definition) is 2. The summed E-state index contributed by atoms with van der Waals surface area (Å²) >= 11 is 0. The minimum atomic E-state index is 0.645. The Balaban J connectivity index is 2.08. The summed E-state index contributed by atoms with van der Waals surface area (Å²) in [5.41, 5.74) is 5.46. The summed E-state index contributed by atoms with van der Waals surface area (Å²) in [7, 11) is 2.21. The van der Waals surface area contributed by atoms with Gasteiger partial charge in [0.2, 0.25) is 0 Å². The highest BCUT2D eigenvalue weighted by atomic mass is 15.1. The van der Waals surface area contributed by atoms with E-state index < -0.39 is 0 Å². The van der Waals surface area contributed by atoms with Crippen LogP contribution in [-0.4, -0.2) is 31.1 Å². The lowest BCUT2D eigenvalue weighted by atomic mass is 10.0. The van der Waals surface area contributed by atoms with Crippen LogP contribution in [-0.2, 0) is 0 Å². The van der Waals surface area contributed by atoms with Crippen molar-refractivity contribution in [3.63, 3.8) is 0 Å². The van der Waals surface area contributed by atoms with Gasteiger partial charge in [0.05, 0.1) is 0 Å². The zero-order valence-corrected chi connectivity index (χ0v) is 11.5. The molecule has 1 aromatic rings. The zero-order chi connectivity index (χ0) is 12.4. The molecule has 0 saturated carbocycles.